The number of fused-ring (bicyclic) bond motifs is 1. The van der Waals surface area contributed by atoms with Crippen molar-refractivity contribution in [2.24, 2.45) is 0 Å². The third-order valence-electron chi connectivity index (χ3n) is 7.26. The summed E-state index contributed by atoms with van der Waals surface area (Å²) in [6, 6.07) is 14.7. The van der Waals surface area contributed by atoms with Gasteiger partial charge < -0.3 is 15.4 Å². The van der Waals surface area contributed by atoms with Gasteiger partial charge in [0.15, 0.2) is 0 Å². The highest BCUT2D eigenvalue weighted by Crippen LogP contribution is 2.44. The van der Waals surface area contributed by atoms with Crippen LogP contribution < -0.4 is 10.6 Å². The molecule has 0 saturated heterocycles. The molecular weight excluding hydrogens is 576 g/mol. The number of aromatic nitrogens is 4. The van der Waals surface area contributed by atoms with Crippen molar-refractivity contribution in [3.05, 3.63) is 130 Å². The molecule has 0 bridgehead atoms. The number of pyridine rings is 2. The number of hydrogen-bond acceptors (Lipinski definition) is 7. The van der Waals surface area contributed by atoms with Crippen molar-refractivity contribution in [1.29, 1.82) is 0 Å². The maximum atomic E-state index is 14.1. The second-order valence-electron chi connectivity index (χ2n) is 9.93. The number of rotatable bonds is 7. The summed E-state index contributed by atoms with van der Waals surface area (Å²) in [7, 11) is 0. The number of ether oxygens (including phenoxy) is 1. The predicted molar refractivity (Wildman–Crippen MR) is 170 cm³/mol. The van der Waals surface area contributed by atoms with E-state index in [1.54, 1.807) is 50.5 Å². The van der Waals surface area contributed by atoms with Gasteiger partial charge in [-0.3, -0.25) is 14.3 Å². The van der Waals surface area contributed by atoms with Gasteiger partial charge in [-0.1, -0.05) is 48.0 Å². The van der Waals surface area contributed by atoms with Crippen LogP contribution in [0, 0.1) is 6.92 Å². The smallest absolute Gasteiger partial charge is 0.337 e. The van der Waals surface area contributed by atoms with Crippen molar-refractivity contribution in [2.75, 3.05) is 11.9 Å². The lowest BCUT2D eigenvalue weighted by molar-refractivity contribution is -0.138. The minimum absolute atomic E-state index is 0.0695. The number of dihydropyridines is 1. The monoisotopic (exact) mass is 608 g/mol. The van der Waals surface area contributed by atoms with Crippen molar-refractivity contribution in [3.8, 4) is 5.69 Å². The van der Waals surface area contributed by atoms with E-state index in [0.717, 1.165) is 22.5 Å². The summed E-state index contributed by atoms with van der Waals surface area (Å²) in [5.41, 5.74) is 4.61. The van der Waals surface area contributed by atoms with Crippen molar-refractivity contribution < 1.29 is 19.8 Å². The van der Waals surface area contributed by atoms with E-state index < -0.39 is 42.1 Å². The molecule has 0 fully saturated rings. The number of carbonyl (C=O) groups excluding carboxylic acids is 2. The first kappa shape index (κ1) is 24.2. The van der Waals surface area contributed by atoms with E-state index in [0.29, 0.717) is 27.5 Å². The Bertz CT molecular complexity index is 2180. The van der Waals surface area contributed by atoms with E-state index in [1.807, 2.05) is 41.8 Å². The minimum atomic E-state index is -1.03. The summed E-state index contributed by atoms with van der Waals surface area (Å²) in [4.78, 5) is 40.6. The Hall–Kier alpha value is -5.28. The summed E-state index contributed by atoms with van der Waals surface area (Å²) in [6.07, 6.45) is 2.85. The Kier molecular flexibility index (Phi) is 6.68. The minimum Gasteiger partial charge on any atom is -0.463 e. The fourth-order valence-electron chi connectivity index (χ4n) is 5.43. The van der Waals surface area contributed by atoms with Crippen molar-refractivity contribution in [3.63, 3.8) is 0 Å². The largest absolute Gasteiger partial charge is 0.463 e. The summed E-state index contributed by atoms with van der Waals surface area (Å²) < 4.78 is 39.6. The first-order valence-electron chi connectivity index (χ1n) is 15.8. The average Bonchev–Trinajstić information content (AvgIpc) is 3.41. The third-order valence-corrected chi connectivity index (χ3v) is 7.60. The van der Waals surface area contributed by atoms with Gasteiger partial charge in [0.25, 0.3) is 5.91 Å². The molecule has 6 rings (SSSR count). The molecule has 0 radical (unpaired) electrons. The van der Waals surface area contributed by atoms with Crippen LogP contribution >= 0.6 is 11.6 Å². The third kappa shape index (κ3) is 5.33. The first-order chi connectivity index (χ1) is 23.0. The molecule has 10 heteroatoms. The van der Waals surface area contributed by atoms with Crippen LogP contribution in [0.25, 0.3) is 22.4 Å². The van der Waals surface area contributed by atoms with Gasteiger partial charge in [-0.15, -0.1) is 0 Å². The fourth-order valence-corrected chi connectivity index (χ4v) is 5.67. The molecule has 1 amide bonds. The van der Waals surface area contributed by atoms with Gasteiger partial charge in [0.05, 0.1) is 41.0 Å². The zero-order valence-electron chi connectivity index (χ0n) is 28.0. The molecule has 2 aromatic carbocycles. The lowest BCUT2D eigenvalue weighted by atomic mass is 9.78. The van der Waals surface area contributed by atoms with E-state index in [9.17, 15) is 9.59 Å². The highest BCUT2D eigenvalue weighted by atomic mass is 35.5. The molecule has 1 aliphatic rings. The zero-order valence-corrected chi connectivity index (χ0v) is 24.8. The Labute approximate surface area is 264 Å². The van der Waals surface area contributed by atoms with Gasteiger partial charge >= 0.3 is 5.97 Å². The second-order valence-corrected chi connectivity index (χ2v) is 10.3. The molecule has 0 spiro atoms. The number of nitrogens with zero attached hydrogens (tertiary/aromatic N) is 4. The Morgan fingerprint density at radius 3 is 2.66 bits per heavy atom. The summed E-state index contributed by atoms with van der Waals surface area (Å²) in [6.45, 7) is 5.34. The molecule has 2 N–H and O–H groups in total. The van der Waals surface area contributed by atoms with Crippen LogP contribution in [0.15, 0.2) is 108 Å². The molecule has 1 aliphatic heterocycles. The lowest BCUT2D eigenvalue weighted by Crippen LogP contribution is -2.34. The fraction of sp³-hybridized carbons (Fsp3) is 0.147. The number of hydrogen-bond donors (Lipinski definition) is 2. The number of amides is 1. The molecule has 9 nitrogen and oxygen atoms in total. The van der Waals surface area contributed by atoms with Crippen LogP contribution in [-0.2, 0) is 14.3 Å². The molecule has 220 valence electrons. The number of allylic oxidation sites excluding steroid dienone is 1. The standard InChI is InChI=1S/C34H29ClN6O3/c1-4-44-34(43)31-30(24-9-5-6-10-25(24)35)29(33(42)40-28-11-7-8-17-37-28)20(2)38-32(31)22-12-14-23(15-13-22)41-21(3)39-26-19-36-18-16-27(26)41/h5-19,30,38H,4H2,1-3H3,(H,37,40,42)/i7D,8D,11D,17D. The number of esters is 1. The van der Waals surface area contributed by atoms with Crippen LogP contribution in [0.5, 0.6) is 0 Å². The van der Waals surface area contributed by atoms with Crippen molar-refractivity contribution >= 4 is 46.0 Å². The molecular formula is C34H29ClN6O3. The van der Waals surface area contributed by atoms with Crippen LogP contribution in [-0.4, -0.2) is 38.0 Å². The average molecular weight is 609 g/mol. The number of halogens is 1. The quantitative estimate of drug-likeness (QED) is 0.207. The number of aryl methyl sites for hydroxylation is 1. The van der Waals surface area contributed by atoms with Gasteiger partial charge in [-0.25, -0.2) is 14.8 Å². The zero-order chi connectivity index (χ0) is 34.3. The Balaban J connectivity index is 1.50. The van der Waals surface area contributed by atoms with Gasteiger partial charge in [-0.05, 0) is 68.2 Å². The number of anilines is 1. The maximum absolute atomic E-state index is 14.1. The topological polar surface area (TPSA) is 111 Å². The summed E-state index contributed by atoms with van der Waals surface area (Å²) in [5, 5.41) is 6.09. The molecule has 0 saturated carbocycles. The van der Waals surface area contributed by atoms with Gasteiger partial charge in [-0.2, -0.15) is 0 Å². The molecule has 3 aromatic heterocycles. The van der Waals surface area contributed by atoms with E-state index in [2.05, 4.69) is 25.6 Å². The molecule has 1 atom stereocenters. The maximum Gasteiger partial charge on any atom is 0.337 e. The molecule has 1 unspecified atom stereocenters. The molecule has 44 heavy (non-hydrogen) atoms. The number of benzene rings is 2. The number of nitrogens with one attached hydrogen (secondary N) is 2. The van der Waals surface area contributed by atoms with Crippen LogP contribution in [0.4, 0.5) is 5.82 Å². The van der Waals surface area contributed by atoms with E-state index in [1.165, 1.54) is 0 Å². The number of imidazole rings is 1. The SMILES string of the molecule is [2H]c1nc(NC(=O)C2=C(C)NC(c3ccc(-n4c(C)nc5cnccc54)cc3)=C(C(=O)OCC)C2c2ccccc2Cl)c([2H])c([2H])c1[2H]. The highest BCUT2D eigenvalue weighted by molar-refractivity contribution is 6.31. The second kappa shape index (κ2) is 12.1. The summed E-state index contributed by atoms with van der Waals surface area (Å²) >= 11 is 6.73. The first-order valence-corrected chi connectivity index (χ1v) is 14.2. The predicted octanol–water partition coefficient (Wildman–Crippen LogP) is 6.35. The van der Waals surface area contributed by atoms with E-state index in [-0.39, 0.29) is 23.6 Å². The Morgan fingerprint density at radius 1 is 1.09 bits per heavy atom. The van der Waals surface area contributed by atoms with Gasteiger partial charge in [0.2, 0.25) is 0 Å². The normalized spacial score (nSPS) is 16.1. The van der Waals surface area contributed by atoms with Gasteiger partial charge in [0, 0.05) is 34.3 Å². The van der Waals surface area contributed by atoms with E-state index >= 15 is 0 Å². The van der Waals surface area contributed by atoms with Crippen LogP contribution in [0.3, 0.4) is 0 Å². The van der Waals surface area contributed by atoms with Crippen LogP contribution in [0.1, 0.15) is 42.2 Å². The molecule has 4 heterocycles. The number of carbonyl (C=O) groups is 2. The molecule has 0 aliphatic carbocycles. The van der Waals surface area contributed by atoms with Gasteiger partial charge in [0.1, 0.15) is 17.2 Å². The highest BCUT2D eigenvalue weighted by Gasteiger charge is 2.39. The lowest BCUT2D eigenvalue weighted by Gasteiger charge is -2.32. The van der Waals surface area contributed by atoms with E-state index in [4.69, 9.17) is 21.8 Å². The van der Waals surface area contributed by atoms with Crippen molar-refractivity contribution in [1.82, 2.24) is 24.8 Å². The van der Waals surface area contributed by atoms with Crippen LogP contribution in [0.2, 0.25) is 5.02 Å². The molecule has 5 aromatic rings. The van der Waals surface area contributed by atoms with Crippen molar-refractivity contribution in [2.45, 2.75) is 26.7 Å². The summed E-state index contributed by atoms with van der Waals surface area (Å²) in [5.74, 6) is -2.02. The Morgan fingerprint density at radius 2 is 1.89 bits per heavy atom.